The zero-order valence-electron chi connectivity index (χ0n) is 20.0. The number of hydrogen-bond acceptors (Lipinski definition) is 4. The highest BCUT2D eigenvalue weighted by molar-refractivity contribution is 6.35. The number of anilines is 1. The fourth-order valence-electron chi connectivity index (χ4n) is 3.79. The minimum absolute atomic E-state index is 0. The maximum atomic E-state index is 12.4. The van der Waals surface area contributed by atoms with Crippen molar-refractivity contribution in [3.8, 4) is 0 Å². The zero-order chi connectivity index (χ0) is 26.4. The van der Waals surface area contributed by atoms with Crippen LogP contribution in [0.1, 0.15) is 23.7 Å². The summed E-state index contributed by atoms with van der Waals surface area (Å²) in [5, 5.41) is 5.04. The van der Waals surface area contributed by atoms with Crippen molar-refractivity contribution in [2.24, 2.45) is 0 Å². The summed E-state index contributed by atoms with van der Waals surface area (Å²) >= 11 is 31.5. The Bertz CT molecular complexity index is 1260. The molecular weight excluding hydrogens is 611 g/mol. The van der Waals surface area contributed by atoms with E-state index in [0.29, 0.717) is 45.4 Å². The van der Waals surface area contributed by atoms with Crippen molar-refractivity contribution in [2.45, 2.75) is 24.6 Å². The van der Waals surface area contributed by atoms with Gasteiger partial charge in [-0.3, -0.25) is 4.79 Å². The Kier molecular flexibility index (Phi) is 11.7. The van der Waals surface area contributed by atoms with Gasteiger partial charge in [0.15, 0.2) is 0 Å². The minimum Gasteiger partial charge on any atom is -0.365 e. The van der Waals surface area contributed by atoms with Gasteiger partial charge in [-0.15, -0.1) is 12.4 Å². The molecule has 0 saturated heterocycles. The van der Waals surface area contributed by atoms with Gasteiger partial charge in [0.2, 0.25) is 5.91 Å². The van der Waals surface area contributed by atoms with Crippen LogP contribution in [-0.4, -0.2) is 34.4 Å². The summed E-state index contributed by atoms with van der Waals surface area (Å²) in [6, 6.07) is 19.8. The van der Waals surface area contributed by atoms with Crippen LogP contribution in [0.3, 0.4) is 0 Å². The third-order valence-corrected chi connectivity index (χ3v) is 7.43. The van der Waals surface area contributed by atoms with E-state index < -0.39 is 11.6 Å². The summed E-state index contributed by atoms with van der Waals surface area (Å²) in [6.07, 6.45) is 3.61. The Morgan fingerprint density at radius 1 is 0.921 bits per heavy atom. The lowest BCUT2D eigenvalue weighted by molar-refractivity contribution is -0.116. The highest BCUT2D eigenvalue weighted by Gasteiger charge is 2.29. The first-order chi connectivity index (χ1) is 17.8. The number of ether oxygens (including phenoxy) is 1. The zero-order valence-corrected chi connectivity index (χ0v) is 24.6. The molecule has 1 amide bonds. The van der Waals surface area contributed by atoms with Crippen LogP contribution in [0.25, 0.3) is 0 Å². The number of para-hydroxylation sites is 1. The molecule has 0 spiro atoms. The lowest BCUT2D eigenvalue weighted by atomic mass is 10.1. The van der Waals surface area contributed by atoms with Gasteiger partial charge in [-0.2, -0.15) is 0 Å². The molecule has 1 heterocycles. The summed E-state index contributed by atoms with van der Waals surface area (Å²) in [4.78, 5) is 16.4. The molecule has 11 heteroatoms. The minimum atomic E-state index is -0.537. The van der Waals surface area contributed by atoms with Crippen LogP contribution in [0, 0.1) is 0 Å². The number of alkyl halides is 1. The van der Waals surface area contributed by atoms with Crippen molar-refractivity contribution in [3.63, 3.8) is 0 Å². The molecule has 0 saturated carbocycles. The second kappa shape index (κ2) is 14.5. The van der Waals surface area contributed by atoms with Crippen LogP contribution in [0.15, 0.2) is 79.1 Å². The molecule has 0 radical (unpaired) electrons. The monoisotopic (exact) mass is 633 g/mol. The van der Waals surface area contributed by atoms with Gasteiger partial charge >= 0.3 is 0 Å². The number of carbonyl (C=O) groups excluding carboxylic acids is 1. The van der Waals surface area contributed by atoms with Gasteiger partial charge in [0.25, 0.3) is 0 Å². The van der Waals surface area contributed by atoms with E-state index in [-0.39, 0.29) is 24.9 Å². The van der Waals surface area contributed by atoms with E-state index in [1.807, 2.05) is 52.5 Å². The van der Waals surface area contributed by atoms with Crippen LogP contribution in [0.2, 0.25) is 20.1 Å². The predicted molar refractivity (Wildman–Crippen MR) is 160 cm³/mol. The molecule has 2 atom stereocenters. The SMILES string of the molecule is Cl.O=C(CCN1C=CN(C(Cl)C(OCc2ccc(Cl)cc2Cl)c2ccc(Cl)cc2)C1)Nc1ccccc1Cl. The van der Waals surface area contributed by atoms with Gasteiger partial charge < -0.3 is 19.9 Å². The molecule has 202 valence electrons. The summed E-state index contributed by atoms with van der Waals surface area (Å²) in [6.45, 7) is 1.26. The van der Waals surface area contributed by atoms with Crippen molar-refractivity contribution in [2.75, 3.05) is 18.5 Å². The van der Waals surface area contributed by atoms with Gasteiger partial charge in [0.1, 0.15) is 11.6 Å². The van der Waals surface area contributed by atoms with E-state index in [0.717, 1.165) is 11.1 Å². The second-order valence-corrected chi connectivity index (χ2v) is 10.6. The van der Waals surface area contributed by atoms with E-state index >= 15 is 0 Å². The largest absolute Gasteiger partial charge is 0.365 e. The highest BCUT2D eigenvalue weighted by Crippen LogP contribution is 2.33. The average molecular weight is 636 g/mol. The number of nitrogens with one attached hydrogen (secondary N) is 1. The number of hydrogen-bond donors (Lipinski definition) is 1. The smallest absolute Gasteiger partial charge is 0.226 e. The van der Waals surface area contributed by atoms with Crippen LogP contribution >= 0.6 is 70.4 Å². The third-order valence-electron chi connectivity index (χ3n) is 5.79. The molecule has 2 unspecified atom stereocenters. The van der Waals surface area contributed by atoms with Crippen molar-refractivity contribution in [3.05, 3.63) is 110 Å². The number of carbonyl (C=O) groups is 1. The lowest BCUT2D eigenvalue weighted by Crippen LogP contribution is -2.36. The van der Waals surface area contributed by atoms with Crippen molar-refractivity contribution < 1.29 is 9.53 Å². The molecule has 0 fully saturated rings. The van der Waals surface area contributed by atoms with E-state index in [2.05, 4.69) is 5.32 Å². The summed E-state index contributed by atoms with van der Waals surface area (Å²) in [5.74, 6) is -0.121. The van der Waals surface area contributed by atoms with E-state index in [1.54, 1.807) is 36.4 Å². The standard InChI is InChI=1S/C27H24Cl5N3O2.ClH/c28-20-8-5-18(6-9-20)26(37-16-19-7-10-21(29)15-23(19)31)27(32)35-14-13-34(17-35)12-11-25(36)33-24-4-2-1-3-22(24)30;/h1-10,13-15,26-27H,11-12,16-17H2,(H,33,36);1H. The van der Waals surface area contributed by atoms with Gasteiger partial charge in [-0.05, 0) is 47.5 Å². The number of nitrogens with zero attached hydrogens (tertiary/aromatic N) is 2. The Morgan fingerprint density at radius 3 is 2.34 bits per heavy atom. The molecule has 0 bridgehead atoms. The Hall–Kier alpha value is -1.83. The Balaban J connectivity index is 0.00000400. The van der Waals surface area contributed by atoms with Crippen LogP contribution < -0.4 is 5.32 Å². The molecule has 0 aliphatic carbocycles. The molecule has 0 aromatic heterocycles. The van der Waals surface area contributed by atoms with E-state index in [1.165, 1.54) is 0 Å². The number of amides is 1. The topological polar surface area (TPSA) is 44.8 Å². The molecule has 1 aliphatic rings. The van der Waals surface area contributed by atoms with Gasteiger partial charge in [0.05, 0.1) is 24.0 Å². The third kappa shape index (κ3) is 8.33. The molecular formula is C27H25Cl6N3O2. The van der Waals surface area contributed by atoms with Crippen LogP contribution in [0.4, 0.5) is 5.69 Å². The van der Waals surface area contributed by atoms with E-state index in [4.69, 9.17) is 62.7 Å². The molecule has 1 aliphatic heterocycles. The molecule has 3 aromatic rings. The second-order valence-electron chi connectivity index (χ2n) is 8.44. The van der Waals surface area contributed by atoms with Gasteiger partial charge in [-0.1, -0.05) is 88.3 Å². The average Bonchev–Trinajstić information content (AvgIpc) is 3.35. The first-order valence-corrected chi connectivity index (χ1v) is 13.4. The van der Waals surface area contributed by atoms with Crippen LogP contribution in [0.5, 0.6) is 0 Å². The Labute approximate surface area is 253 Å². The summed E-state index contributed by atoms with van der Waals surface area (Å²) in [7, 11) is 0. The molecule has 1 N–H and O–H groups in total. The first-order valence-electron chi connectivity index (χ1n) is 11.5. The number of rotatable bonds is 10. The number of benzene rings is 3. The molecule has 5 nitrogen and oxygen atoms in total. The number of halogens is 6. The highest BCUT2D eigenvalue weighted by atomic mass is 35.5. The maximum Gasteiger partial charge on any atom is 0.226 e. The summed E-state index contributed by atoms with van der Waals surface area (Å²) in [5.41, 5.74) is 1.74. The van der Waals surface area contributed by atoms with Crippen molar-refractivity contribution >= 4 is 82.0 Å². The normalized spacial score (nSPS) is 14.2. The fourth-order valence-corrected chi connectivity index (χ4v) is 4.91. The van der Waals surface area contributed by atoms with Crippen molar-refractivity contribution in [1.82, 2.24) is 9.80 Å². The van der Waals surface area contributed by atoms with Gasteiger partial charge in [-0.25, -0.2) is 0 Å². The van der Waals surface area contributed by atoms with E-state index in [9.17, 15) is 4.79 Å². The lowest BCUT2D eigenvalue weighted by Gasteiger charge is -2.31. The first kappa shape index (κ1) is 30.7. The fraction of sp³-hybridized carbons (Fsp3) is 0.222. The van der Waals surface area contributed by atoms with Crippen molar-refractivity contribution in [1.29, 1.82) is 0 Å². The van der Waals surface area contributed by atoms with Crippen LogP contribution in [-0.2, 0) is 16.1 Å². The Morgan fingerprint density at radius 2 is 1.63 bits per heavy atom. The molecule has 3 aromatic carbocycles. The summed E-state index contributed by atoms with van der Waals surface area (Å²) < 4.78 is 6.29. The maximum absolute atomic E-state index is 12.4. The molecule has 38 heavy (non-hydrogen) atoms. The quantitative estimate of drug-likeness (QED) is 0.179. The van der Waals surface area contributed by atoms with Gasteiger partial charge in [0, 0.05) is 40.4 Å². The predicted octanol–water partition coefficient (Wildman–Crippen LogP) is 8.62. The molecule has 4 rings (SSSR count).